The Hall–Kier alpha value is -2.01. The average molecular weight is 327 g/mol. The number of hydrogen-bond acceptors (Lipinski definition) is 4. The maximum Gasteiger partial charge on any atom is 0.251 e. The minimum atomic E-state index is 0.0156. The van der Waals surface area contributed by atoms with Crippen molar-refractivity contribution in [1.82, 2.24) is 10.6 Å². The van der Waals surface area contributed by atoms with Crippen LogP contribution in [0.1, 0.15) is 43.5 Å². The molecule has 5 nitrogen and oxygen atoms in total. The van der Waals surface area contributed by atoms with Gasteiger partial charge in [0.25, 0.3) is 5.91 Å². The van der Waals surface area contributed by atoms with Gasteiger partial charge in [0.15, 0.2) is 5.88 Å². The number of fused-ring (bicyclic) bond motifs is 3. The maximum absolute atomic E-state index is 12.6. The zero-order chi connectivity index (χ0) is 16.7. The molecular formula is C19H25N3O2. The molecule has 0 saturated carbocycles. The summed E-state index contributed by atoms with van der Waals surface area (Å²) in [4.78, 5) is 14.8. The van der Waals surface area contributed by atoms with E-state index >= 15 is 0 Å². The fourth-order valence-electron chi connectivity index (χ4n) is 4.10. The summed E-state index contributed by atoms with van der Waals surface area (Å²) in [7, 11) is 0. The van der Waals surface area contributed by atoms with Crippen molar-refractivity contribution in [1.29, 1.82) is 0 Å². The summed E-state index contributed by atoms with van der Waals surface area (Å²) < 4.78 is 5.90. The fraction of sp³-hybridized carbons (Fsp3) is 0.526. The van der Waals surface area contributed by atoms with Gasteiger partial charge < -0.3 is 20.0 Å². The Labute approximate surface area is 142 Å². The van der Waals surface area contributed by atoms with E-state index in [1.165, 1.54) is 12.8 Å². The molecule has 2 aromatic rings. The first-order valence-electron chi connectivity index (χ1n) is 9.03. The van der Waals surface area contributed by atoms with Crippen LogP contribution in [-0.2, 0) is 0 Å². The summed E-state index contributed by atoms with van der Waals surface area (Å²) >= 11 is 0. The Morgan fingerprint density at radius 3 is 2.79 bits per heavy atom. The van der Waals surface area contributed by atoms with Crippen LogP contribution in [0.25, 0.3) is 11.0 Å². The van der Waals surface area contributed by atoms with Crippen molar-refractivity contribution in [2.24, 2.45) is 0 Å². The molecule has 1 amide bonds. The molecule has 128 valence electrons. The molecule has 1 aromatic heterocycles. The highest BCUT2D eigenvalue weighted by Gasteiger charge is 2.39. The van der Waals surface area contributed by atoms with Crippen LogP contribution in [0.15, 0.2) is 28.7 Å². The lowest BCUT2D eigenvalue weighted by molar-refractivity contribution is 0.0931. The number of benzene rings is 1. The quantitative estimate of drug-likeness (QED) is 0.886. The third-order valence-electron chi connectivity index (χ3n) is 5.46. The van der Waals surface area contributed by atoms with Crippen LogP contribution in [0, 0.1) is 0 Å². The Balaban J connectivity index is 1.52. The second-order valence-electron chi connectivity index (χ2n) is 6.87. The first-order chi connectivity index (χ1) is 11.7. The molecule has 2 fully saturated rings. The van der Waals surface area contributed by atoms with E-state index in [-0.39, 0.29) is 11.9 Å². The van der Waals surface area contributed by atoms with Gasteiger partial charge in [0.1, 0.15) is 5.58 Å². The predicted molar refractivity (Wildman–Crippen MR) is 95.6 cm³/mol. The van der Waals surface area contributed by atoms with E-state index in [4.69, 9.17) is 4.42 Å². The van der Waals surface area contributed by atoms with Crippen molar-refractivity contribution >= 4 is 22.8 Å². The lowest BCUT2D eigenvalue weighted by Crippen LogP contribution is -2.42. The van der Waals surface area contributed by atoms with Crippen LogP contribution >= 0.6 is 0 Å². The summed E-state index contributed by atoms with van der Waals surface area (Å²) in [6.45, 7) is 6.03. The van der Waals surface area contributed by atoms with Crippen LogP contribution in [0.4, 0.5) is 5.88 Å². The molecule has 4 rings (SSSR count). The van der Waals surface area contributed by atoms with Gasteiger partial charge in [-0.25, -0.2) is 0 Å². The number of nitrogens with zero attached hydrogens (tertiary/aromatic N) is 1. The van der Waals surface area contributed by atoms with Gasteiger partial charge in [-0.1, -0.05) is 0 Å². The molecule has 2 N–H and O–H groups in total. The number of hydrogen-bond donors (Lipinski definition) is 2. The normalized spacial score (nSPS) is 25.3. The molecule has 0 aliphatic carbocycles. The summed E-state index contributed by atoms with van der Waals surface area (Å²) in [5.74, 6) is 0.881. The van der Waals surface area contributed by atoms with Crippen molar-refractivity contribution in [2.45, 2.75) is 51.2 Å². The zero-order valence-electron chi connectivity index (χ0n) is 14.3. The molecule has 0 radical (unpaired) electrons. The van der Waals surface area contributed by atoms with Gasteiger partial charge in [0, 0.05) is 48.2 Å². The van der Waals surface area contributed by atoms with Gasteiger partial charge in [-0.05, 0) is 51.3 Å². The predicted octanol–water partition coefficient (Wildman–Crippen LogP) is 2.90. The lowest BCUT2D eigenvalue weighted by Gasteiger charge is -2.21. The van der Waals surface area contributed by atoms with Crippen molar-refractivity contribution in [3.8, 4) is 0 Å². The minimum Gasteiger partial charge on any atom is -0.441 e. The Bertz CT molecular complexity index is 750. The van der Waals surface area contributed by atoms with E-state index in [1.54, 1.807) is 0 Å². The standard InChI is InChI=1S/C19H25N3O2/c1-3-22(4-2)18-10-13-9-12(5-8-17(13)24-18)19(23)21-16-11-14-6-7-15(16)20-14/h5,8-10,14-16,20H,3-4,6-7,11H2,1-2H3,(H,21,23)/t14-,15+,16-/m1/s1. The molecule has 2 aliphatic heterocycles. The second-order valence-corrected chi connectivity index (χ2v) is 6.87. The van der Waals surface area contributed by atoms with E-state index in [1.807, 2.05) is 24.3 Å². The topological polar surface area (TPSA) is 57.5 Å². The third-order valence-corrected chi connectivity index (χ3v) is 5.46. The molecule has 3 atom stereocenters. The van der Waals surface area contributed by atoms with Crippen LogP contribution in [0.2, 0.25) is 0 Å². The number of anilines is 1. The first-order valence-corrected chi connectivity index (χ1v) is 9.03. The number of carbonyl (C=O) groups is 1. The third kappa shape index (κ3) is 2.67. The maximum atomic E-state index is 12.6. The van der Waals surface area contributed by atoms with Crippen molar-refractivity contribution in [2.75, 3.05) is 18.0 Å². The summed E-state index contributed by atoms with van der Waals surface area (Å²) in [5.41, 5.74) is 1.53. The highest BCUT2D eigenvalue weighted by atomic mass is 16.4. The van der Waals surface area contributed by atoms with E-state index in [9.17, 15) is 4.79 Å². The second kappa shape index (κ2) is 6.13. The van der Waals surface area contributed by atoms with Gasteiger partial charge in [-0.3, -0.25) is 4.79 Å². The zero-order valence-corrected chi connectivity index (χ0v) is 14.3. The molecular weight excluding hydrogens is 302 g/mol. The van der Waals surface area contributed by atoms with Crippen molar-refractivity contribution < 1.29 is 9.21 Å². The van der Waals surface area contributed by atoms with Gasteiger partial charge in [-0.15, -0.1) is 0 Å². The van der Waals surface area contributed by atoms with Gasteiger partial charge in [0.2, 0.25) is 0 Å². The van der Waals surface area contributed by atoms with E-state index < -0.39 is 0 Å². The van der Waals surface area contributed by atoms with E-state index in [0.717, 1.165) is 36.4 Å². The molecule has 2 aliphatic rings. The first kappa shape index (κ1) is 15.5. The summed E-state index contributed by atoms with van der Waals surface area (Å²) in [5, 5.41) is 7.74. The molecule has 1 aromatic carbocycles. The molecule has 2 bridgehead atoms. The van der Waals surface area contributed by atoms with Crippen molar-refractivity contribution in [3.63, 3.8) is 0 Å². The average Bonchev–Trinajstić information content (AvgIpc) is 3.30. The largest absolute Gasteiger partial charge is 0.441 e. The Morgan fingerprint density at radius 2 is 2.12 bits per heavy atom. The fourth-order valence-corrected chi connectivity index (χ4v) is 4.10. The SMILES string of the molecule is CCN(CC)c1cc2cc(C(=O)N[C@@H]3C[C@H]4CC[C@@H]3N4)ccc2o1. The van der Waals surface area contributed by atoms with Crippen LogP contribution in [-0.4, -0.2) is 37.1 Å². The number of rotatable bonds is 5. The molecule has 5 heteroatoms. The Kier molecular flexibility index (Phi) is 3.96. The number of carbonyl (C=O) groups excluding carboxylic acids is 1. The highest BCUT2D eigenvalue weighted by Crippen LogP contribution is 2.29. The van der Waals surface area contributed by atoms with Crippen LogP contribution in [0.3, 0.4) is 0 Å². The summed E-state index contributed by atoms with van der Waals surface area (Å²) in [6.07, 6.45) is 3.46. The molecule has 2 saturated heterocycles. The molecule has 0 unspecified atom stereocenters. The minimum absolute atomic E-state index is 0.0156. The van der Waals surface area contributed by atoms with Crippen LogP contribution in [0.5, 0.6) is 0 Å². The smallest absolute Gasteiger partial charge is 0.251 e. The van der Waals surface area contributed by atoms with Crippen LogP contribution < -0.4 is 15.5 Å². The monoisotopic (exact) mass is 327 g/mol. The number of nitrogens with one attached hydrogen (secondary N) is 2. The van der Waals surface area contributed by atoms with E-state index in [0.29, 0.717) is 17.6 Å². The lowest BCUT2D eigenvalue weighted by atomic mass is 9.95. The van der Waals surface area contributed by atoms with Crippen molar-refractivity contribution in [3.05, 3.63) is 29.8 Å². The van der Waals surface area contributed by atoms with Gasteiger partial charge in [-0.2, -0.15) is 0 Å². The molecule has 0 spiro atoms. The molecule has 24 heavy (non-hydrogen) atoms. The number of amides is 1. The Morgan fingerprint density at radius 1 is 1.29 bits per heavy atom. The molecule has 3 heterocycles. The van der Waals surface area contributed by atoms with Gasteiger partial charge >= 0.3 is 0 Å². The summed E-state index contributed by atoms with van der Waals surface area (Å²) in [6, 6.07) is 9.02. The van der Waals surface area contributed by atoms with Gasteiger partial charge in [0.05, 0.1) is 0 Å². The highest BCUT2D eigenvalue weighted by molar-refractivity contribution is 5.98. The van der Waals surface area contributed by atoms with E-state index in [2.05, 4.69) is 29.4 Å². The number of furan rings is 1.